The number of aryl methyl sites for hydroxylation is 1. The first-order chi connectivity index (χ1) is 10.8. The van der Waals surface area contributed by atoms with E-state index in [1.165, 1.54) is 19.2 Å². The van der Waals surface area contributed by atoms with Gasteiger partial charge < -0.3 is 15.2 Å². The van der Waals surface area contributed by atoms with E-state index in [-0.39, 0.29) is 22.0 Å². The standard InChI is InChI=1S/C16H15NO5S/c1-9-6-11(16(18)21-2)7-13-14(9)22-15-10(8-23(13,19)20)4-3-5-12(15)17/h3-7H,8,17H2,1-2H3. The SMILES string of the molecule is COC(=O)c1cc(C)c2c(c1)S(=O)(=O)Cc1cccc(N)c1O2. The van der Waals surface area contributed by atoms with Crippen molar-refractivity contribution < 1.29 is 22.7 Å². The highest BCUT2D eigenvalue weighted by Gasteiger charge is 2.30. The molecule has 0 amide bonds. The van der Waals surface area contributed by atoms with Crippen LogP contribution in [0.15, 0.2) is 35.2 Å². The lowest BCUT2D eigenvalue weighted by Crippen LogP contribution is -2.08. The molecule has 0 atom stereocenters. The number of sulfone groups is 1. The maximum absolute atomic E-state index is 12.7. The van der Waals surface area contributed by atoms with Crippen molar-refractivity contribution >= 4 is 21.5 Å². The Hall–Kier alpha value is -2.54. The third-order valence-electron chi connectivity index (χ3n) is 3.67. The van der Waals surface area contributed by atoms with E-state index in [2.05, 4.69) is 4.74 Å². The number of nitrogens with two attached hydrogens (primary N) is 1. The molecule has 2 aromatic carbocycles. The van der Waals surface area contributed by atoms with Crippen molar-refractivity contribution in [3.8, 4) is 11.5 Å². The van der Waals surface area contributed by atoms with Gasteiger partial charge in [0.05, 0.1) is 24.1 Å². The summed E-state index contributed by atoms with van der Waals surface area (Å²) in [5.74, 6) is -0.324. The van der Waals surface area contributed by atoms with Crippen LogP contribution in [0, 0.1) is 6.92 Å². The first kappa shape index (κ1) is 15.4. The molecule has 0 fully saturated rings. The molecule has 0 aromatic heterocycles. The number of esters is 1. The average molecular weight is 333 g/mol. The highest BCUT2D eigenvalue weighted by molar-refractivity contribution is 7.90. The largest absolute Gasteiger partial charge is 0.465 e. The van der Waals surface area contributed by atoms with Crippen molar-refractivity contribution in [2.24, 2.45) is 0 Å². The summed E-state index contributed by atoms with van der Waals surface area (Å²) in [6, 6.07) is 7.80. The molecule has 0 spiro atoms. The fraction of sp³-hybridized carbons (Fsp3) is 0.188. The van der Waals surface area contributed by atoms with Crippen LogP contribution in [0.3, 0.4) is 0 Å². The predicted octanol–water partition coefficient (Wildman–Crippen LogP) is 2.44. The molecule has 3 rings (SSSR count). The van der Waals surface area contributed by atoms with E-state index in [0.29, 0.717) is 22.6 Å². The van der Waals surface area contributed by atoms with Crippen molar-refractivity contribution in [1.29, 1.82) is 0 Å². The first-order valence-electron chi connectivity index (χ1n) is 6.84. The van der Waals surface area contributed by atoms with E-state index in [9.17, 15) is 13.2 Å². The number of hydrogen-bond donors (Lipinski definition) is 1. The van der Waals surface area contributed by atoms with Gasteiger partial charge in [0.2, 0.25) is 0 Å². The maximum atomic E-state index is 12.7. The van der Waals surface area contributed by atoms with Gasteiger partial charge in [-0.1, -0.05) is 12.1 Å². The van der Waals surface area contributed by atoms with Gasteiger partial charge in [-0.15, -0.1) is 0 Å². The van der Waals surface area contributed by atoms with Gasteiger partial charge in [-0.2, -0.15) is 0 Å². The molecule has 0 radical (unpaired) electrons. The summed E-state index contributed by atoms with van der Waals surface area (Å²) in [5, 5.41) is 0. The van der Waals surface area contributed by atoms with Gasteiger partial charge in [0.15, 0.2) is 15.6 Å². The molecular formula is C16H15NO5S. The summed E-state index contributed by atoms with van der Waals surface area (Å²) in [7, 11) is -2.44. The van der Waals surface area contributed by atoms with E-state index in [1.807, 2.05) is 0 Å². The molecule has 120 valence electrons. The van der Waals surface area contributed by atoms with Crippen LogP contribution in [0.25, 0.3) is 0 Å². The normalized spacial score (nSPS) is 14.9. The van der Waals surface area contributed by atoms with Crippen molar-refractivity contribution in [3.63, 3.8) is 0 Å². The van der Waals surface area contributed by atoms with Gasteiger partial charge in [-0.05, 0) is 30.7 Å². The topological polar surface area (TPSA) is 95.7 Å². The number of methoxy groups -OCH3 is 1. The Morgan fingerprint density at radius 2 is 2.00 bits per heavy atom. The third kappa shape index (κ3) is 2.53. The number of carbonyl (C=O) groups is 1. The molecule has 1 aliphatic heterocycles. The maximum Gasteiger partial charge on any atom is 0.337 e. The zero-order valence-electron chi connectivity index (χ0n) is 12.6. The van der Waals surface area contributed by atoms with Gasteiger partial charge >= 0.3 is 5.97 Å². The van der Waals surface area contributed by atoms with Crippen molar-refractivity contribution in [2.45, 2.75) is 17.6 Å². The van der Waals surface area contributed by atoms with Crippen LogP contribution < -0.4 is 10.5 Å². The molecule has 6 nitrogen and oxygen atoms in total. The minimum Gasteiger partial charge on any atom is -0.465 e. The van der Waals surface area contributed by atoms with Crippen LogP contribution in [-0.2, 0) is 20.3 Å². The highest BCUT2D eigenvalue weighted by atomic mass is 32.2. The molecule has 1 heterocycles. The van der Waals surface area contributed by atoms with Crippen molar-refractivity contribution in [2.75, 3.05) is 12.8 Å². The number of ether oxygens (including phenoxy) is 2. The number of para-hydroxylation sites is 1. The molecule has 0 bridgehead atoms. The van der Waals surface area contributed by atoms with E-state index >= 15 is 0 Å². The summed E-state index contributed by atoms with van der Waals surface area (Å²) >= 11 is 0. The van der Waals surface area contributed by atoms with E-state index in [4.69, 9.17) is 10.5 Å². The zero-order valence-corrected chi connectivity index (χ0v) is 13.4. The van der Waals surface area contributed by atoms with E-state index < -0.39 is 15.8 Å². The first-order valence-corrected chi connectivity index (χ1v) is 8.49. The monoisotopic (exact) mass is 333 g/mol. The van der Waals surface area contributed by atoms with Gasteiger partial charge in [0.25, 0.3) is 0 Å². The summed E-state index contributed by atoms with van der Waals surface area (Å²) < 4.78 is 35.9. The average Bonchev–Trinajstić information content (AvgIpc) is 2.61. The molecule has 0 unspecified atom stereocenters. The highest BCUT2D eigenvalue weighted by Crippen LogP contribution is 2.42. The number of carbonyl (C=O) groups excluding carboxylic acids is 1. The third-order valence-corrected chi connectivity index (χ3v) is 5.34. The van der Waals surface area contributed by atoms with Crippen LogP contribution in [0.2, 0.25) is 0 Å². The van der Waals surface area contributed by atoms with E-state index in [1.54, 1.807) is 25.1 Å². The van der Waals surface area contributed by atoms with Gasteiger partial charge in [0.1, 0.15) is 10.6 Å². The fourth-order valence-corrected chi connectivity index (χ4v) is 4.15. The van der Waals surface area contributed by atoms with Crippen LogP contribution in [-0.4, -0.2) is 21.5 Å². The lowest BCUT2D eigenvalue weighted by atomic mass is 10.1. The second kappa shape index (κ2) is 5.27. The smallest absolute Gasteiger partial charge is 0.337 e. The zero-order chi connectivity index (χ0) is 16.8. The molecule has 23 heavy (non-hydrogen) atoms. The molecule has 7 heteroatoms. The summed E-state index contributed by atoms with van der Waals surface area (Å²) in [6.07, 6.45) is 0. The fourth-order valence-electron chi connectivity index (χ4n) is 2.57. The minimum absolute atomic E-state index is 0.0338. The second-order valence-electron chi connectivity index (χ2n) is 5.31. The lowest BCUT2D eigenvalue weighted by molar-refractivity contribution is 0.0600. The Kier molecular flexibility index (Phi) is 3.52. The number of nitrogen functional groups attached to an aromatic ring is 1. The van der Waals surface area contributed by atoms with Crippen LogP contribution in [0.5, 0.6) is 11.5 Å². The second-order valence-corrected chi connectivity index (χ2v) is 7.27. The van der Waals surface area contributed by atoms with Gasteiger partial charge in [-0.25, -0.2) is 13.2 Å². The minimum atomic E-state index is -3.68. The Morgan fingerprint density at radius 3 is 2.70 bits per heavy atom. The molecule has 1 aliphatic rings. The summed E-state index contributed by atoms with van der Waals surface area (Å²) in [6.45, 7) is 1.67. The number of rotatable bonds is 1. The predicted molar refractivity (Wildman–Crippen MR) is 84.3 cm³/mol. The van der Waals surface area contributed by atoms with Gasteiger partial charge in [0, 0.05) is 5.56 Å². The van der Waals surface area contributed by atoms with Crippen molar-refractivity contribution in [1.82, 2.24) is 0 Å². The lowest BCUT2D eigenvalue weighted by Gasteiger charge is -2.13. The van der Waals surface area contributed by atoms with Crippen LogP contribution in [0.1, 0.15) is 21.5 Å². The Balaban J connectivity index is 2.29. The van der Waals surface area contributed by atoms with E-state index in [0.717, 1.165) is 0 Å². The van der Waals surface area contributed by atoms with Gasteiger partial charge in [-0.3, -0.25) is 0 Å². The molecule has 0 aliphatic carbocycles. The summed E-state index contributed by atoms with van der Waals surface area (Å²) in [4.78, 5) is 11.7. The quantitative estimate of drug-likeness (QED) is 0.636. The molecular weight excluding hydrogens is 318 g/mol. The molecule has 0 saturated carbocycles. The summed E-state index contributed by atoms with van der Waals surface area (Å²) in [5.41, 5.74) is 7.44. The van der Waals surface area contributed by atoms with Crippen LogP contribution in [0.4, 0.5) is 5.69 Å². The Morgan fingerprint density at radius 1 is 1.26 bits per heavy atom. The number of benzene rings is 2. The van der Waals surface area contributed by atoms with Crippen molar-refractivity contribution in [3.05, 3.63) is 47.0 Å². The molecule has 2 aromatic rings. The Bertz CT molecular complexity index is 918. The van der Waals surface area contributed by atoms with Crippen LogP contribution >= 0.6 is 0 Å². The number of hydrogen-bond acceptors (Lipinski definition) is 6. The Labute approximate surface area is 133 Å². The number of fused-ring (bicyclic) bond motifs is 2. The number of anilines is 1. The molecule has 0 saturated heterocycles. The molecule has 2 N–H and O–H groups in total.